The molecule has 4 nitrogen and oxygen atoms in total. The van der Waals surface area contributed by atoms with Crippen molar-refractivity contribution in [3.05, 3.63) is 33.8 Å². The van der Waals surface area contributed by atoms with Crippen LogP contribution in [0.5, 0.6) is 0 Å². The Morgan fingerprint density at radius 3 is 2.72 bits per heavy atom. The molecule has 0 fully saturated rings. The second-order valence-electron chi connectivity index (χ2n) is 4.29. The average Bonchev–Trinajstić information content (AvgIpc) is 2.29. The number of carboxylic acid groups (broad SMARTS) is 1. The van der Waals surface area contributed by atoms with Crippen LogP contribution in [-0.4, -0.2) is 17.0 Å². The van der Waals surface area contributed by atoms with Crippen molar-refractivity contribution >= 4 is 27.8 Å². The number of carboxylic acids is 1. The van der Waals surface area contributed by atoms with Crippen LogP contribution in [0.25, 0.3) is 0 Å². The number of nitrogens with one attached hydrogen (secondary N) is 1. The quantitative estimate of drug-likeness (QED) is 0.877. The fraction of sp³-hybridized carbons (Fsp3) is 0.385. The van der Waals surface area contributed by atoms with Gasteiger partial charge >= 0.3 is 5.97 Å². The van der Waals surface area contributed by atoms with E-state index in [2.05, 4.69) is 21.2 Å². The Kier molecular flexibility index (Phi) is 5.34. The highest BCUT2D eigenvalue weighted by molar-refractivity contribution is 9.10. The third-order valence-electron chi connectivity index (χ3n) is 2.69. The minimum atomic E-state index is -0.962. The van der Waals surface area contributed by atoms with Gasteiger partial charge in [0.2, 0.25) is 5.91 Å². The van der Waals surface area contributed by atoms with Gasteiger partial charge in [-0.25, -0.2) is 0 Å². The zero-order chi connectivity index (χ0) is 13.7. The topological polar surface area (TPSA) is 66.4 Å². The molecule has 1 amide bonds. The van der Waals surface area contributed by atoms with Crippen molar-refractivity contribution in [1.82, 2.24) is 5.32 Å². The monoisotopic (exact) mass is 313 g/mol. The zero-order valence-corrected chi connectivity index (χ0v) is 12.0. The van der Waals surface area contributed by atoms with E-state index < -0.39 is 11.9 Å². The summed E-state index contributed by atoms with van der Waals surface area (Å²) in [5.74, 6) is -1.72. The van der Waals surface area contributed by atoms with Crippen LogP contribution >= 0.6 is 15.9 Å². The number of rotatable bonds is 5. The Labute approximate surface area is 115 Å². The van der Waals surface area contributed by atoms with Crippen LogP contribution in [-0.2, 0) is 16.1 Å². The number of aliphatic carboxylic acids is 1. The predicted molar refractivity (Wildman–Crippen MR) is 72.1 cm³/mol. The summed E-state index contributed by atoms with van der Waals surface area (Å²) in [5, 5.41) is 11.4. The molecule has 1 rings (SSSR count). The number of carbonyl (C=O) groups is 2. The van der Waals surface area contributed by atoms with Crippen LogP contribution in [0.1, 0.15) is 24.5 Å². The summed E-state index contributed by atoms with van der Waals surface area (Å²) in [7, 11) is 0. The van der Waals surface area contributed by atoms with Crippen LogP contribution in [0, 0.1) is 12.8 Å². The van der Waals surface area contributed by atoms with E-state index >= 15 is 0 Å². The summed E-state index contributed by atoms with van der Waals surface area (Å²) in [6.07, 6.45) is -0.150. The third kappa shape index (κ3) is 4.49. The minimum absolute atomic E-state index is 0.150. The van der Waals surface area contributed by atoms with Crippen molar-refractivity contribution in [2.24, 2.45) is 5.92 Å². The maximum Gasteiger partial charge on any atom is 0.304 e. The summed E-state index contributed by atoms with van der Waals surface area (Å²) in [6.45, 7) is 3.99. The summed E-state index contributed by atoms with van der Waals surface area (Å²) < 4.78 is 0.955. The number of aryl methyl sites for hydroxylation is 1. The number of benzene rings is 1. The number of halogens is 1. The minimum Gasteiger partial charge on any atom is -0.481 e. The lowest BCUT2D eigenvalue weighted by molar-refractivity contribution is -0.140. The Hall–Kier alpha value is -1.36. The molecule has 0 spiro atoms. The van der Waals surface area contributed by atoms with Crippen LogP contribution in [0.4, 0.5) is 0 Å². The molecule has 0 aliphatic rings. The fourth-order valence-electron chi connectivity index (χ4n) is 1.54. The van der Waals surface area contributed by atoms with Gasteiger partial charge in [-0.15, -0.1) is 0 Å². The SMILES string of the molecule is Cc1ccc(Br)cc1CNC(=O)C(C)CC(=O)O. The fourth-order valence-corrected chi connectivity index (χ4v) is 1.95. The van der Waals surface area contributed by atoms with E-state index in [1.807, 2.05) is 25.1 Å². The second-order valence-corrected chi connectivity index (χ2v) is 5.20. The molecule has 0 aliphatic carbocycles. The Morgan fingerprint density at radius 2 is 2.11 bits per heavy atom. The predicted octanol–water partition coefficient (Wildman–Crippen LogP) is 2.48. The van der Waals surface area contributed by atoms with Gasteiger partial charge in [-0.3, -0.25) is 9.59 Å². The summed E-state index contributed by atoms with van der Waals surface area (Å²) in [5.41, 5.74) is 2.10. The third-order valence-corrected chi connectivity index (χ3v) is 3.19. The summed E-state index contributed by atoms with van der Waals surface area (Å²) in [6, 6.07) is 5.84. The normalized spacial score (nSPS) is 11.9. The highest BCUT2D eigenvalue weighted by Gasteiger charge is 2.16. The van der Waals surface area contributed by atoms with Crippen LogP contribution in [0.15, 0.2) is 22.7 Å². The van der Waals surface area contributed by atoms with Crippen molar-refractivity contribution in [3.63, 3.8) is 0 Å². The number of hydrogen-bond acceptors (Lipinski definition) is 2. The van der Waals surface area contributed by atoms with E-state index in [0.717, 1.165) is 15.6 Å². The molecule has 0 saturated heterocycles. The molecule has 0 saturated carbocycles. The largest absolute Gasteiger partial charge is 0.481 e. The lowest BCUT2D eigenvalue weighted by Crippen LogP contribution is -2.30. The van der Waals surface area contributed by atoms with Gasteiger partial charge in [0, 0.05) is 16.9 Å². The highest BCUT2D eigenvalue weighted by Crippen LogP contribution is 2.16. The van der Waals surface area contributed by atoms with Gasteiger partial charge in [-0.2, -0.15) is 0 Å². The van der Waals surface area contributed by atoms with Gasteiger partial charge < -0.3 is 10.4 Å². The first-order valence-electron chi connectivity index (χ1n) is 5.64. The van der Waals surface area contributed by atoms with Gasteiger partial charge in [0.05, 0.1) is 6.42 Å². The van der Waals surface area contributed by atoms with E-state index in [1.165, 1.54) is 0 Å². The molecule has 1 atom stereocenters. The average molecular weight is 314 g/mol. The van der Waals surface area contributed by atoms with Gasteiger partial charge in [0.1, 0.15) is 0 Å². The number of amides is 1. The lowest BCUT2D eigenvalue weighted by atomic mass is 10.1. The maximum absolute atomic E-state index is 11.7. The molecular formula is C13H16BrNO3. The molecule has 1 aromatic rings. The van der Waals surface area contributed by atoms with Gasteiger partial charge in [0.15, 0.2) is 0 Å². The van der Waals surface area contributed by atoms with Gasteiger partial charge in [-0.05, 0) is 30.2 Å². The Balaban J connectivity index is 2.57. The van der Waals surface area contributed by atoms with E-state index in [0.29, 0.717) is 6.54 Å². The molecule has 0 aromatic heterocycles. The number of hydrogen-bond donors (Lipinski definition) is 2. The van der Waals surface area contributed by atoms with E-state index in [1.54, 1.807) is 6.92 Å². The van der Waals surface area contributed by atoms with E-state index in [-0.39, 0.29) is 12.3 Å². The van der Waals surface area contributed by atoms with Crippen molar-refractivity contribution < 1.29 is 14.7 Å². The summed E-state index contributed by atoms with van der Waals surface area (Å²) in [4.78, 5) is 22.2. The molecule has 2 N–H and O–H groups in total. The molecule has 0 bridgehead atoms. The van der Waals surface area contributed by atoms with Crippen LogP contribution in [0.3, 0.4) is 0 Å². The molecule has 1 aromatic carbocycles. The highest BCUT2D eigenvalue weighted by atomic mass is 79.9. The van der Waals surface area contributed by atoms with Gasteiger partial charge in [0.25, 0.3) is 0 Å². The molecule has 0 aliphatic heterocycles. The molecule has 18 heavy (non-hydrogen) atoms. The van der Waals surface area contributed by atoms with E-state index in [9.17, 15) is 9.59 Å². The first-order chi connectivity index (χ1) is 8.40. The van der Waals surface area contributed by atoms with Crippen molar-refractivity contribution in [3.8, 4) is 0 Å². The molecule has 5 heteroatoms. The maximum atomic E-state index is 11.7. The molecule has 1 unspecified atom stereocenters. The number of carbonyl (C=O) groups excluding carboxylic acids is 1. The Bertz CT molecular complexity index is 460. The first kappa shape index (κ1) is 14.7. The van der Waals surface area contributed by atoms with Crippen LogP contribution in [0.2, 0.25) is 0 Å². The smallest absolute Gasteiger partial charge is 0.304 e. The van der Waals surface area contributed by atoms with Gasteiger partial charge in [-0.1, -0.05) is 28.9 Å². The lowest BCUT2D eigenvalue weighted by Gasteiger charge is -2.12. The first-order valence-corrected chi connectivity index (χ1v) is 6.44. The second kappa shape index (κ2) is 6.54. The molecular weight excluding hydrogens is 298 g/mol. The van der Waals surface area contributed by atoms with E-state index in [4.69, 9.17) is 5.11 Å². The molecule has 0 heterocycles. The van der Waals surface area contributed by atoms with Crippen molar-refractivity contribution in [2.45, 2.75) is 26.8 Å². The zero-order valence-electron chi connectivity index (χ0n) is 10.4. The summed E-state index contributed by atoms with van der Waals surface area (Å²) >= 11 is 3.37. The Morgan fingerprint density at radius 1 is 1.44 bits per heavy atom. The standard InChI is InChI=1S/C13H16BrNO3/c1-8-3-4-11(14)6-10(8)7-15-13(18)9(2)5-12(16)17/h3-4,6,9H,5,7H2,1-2H3,(H,15,18)(H,16,17). The van der Waals surface area contributed by atoms with Crippen molar-refractivity contribution in [2.75, 3.05) is 0 Å². The van der Waals surface area contributed by atoms with Crippen LogP contribution < -0.4 is 5.32 Å². The molecule has 0 radical (unpaired) electrons. The molecule has 98 valence electrons. The van der Waals surface area contributed by atoms with Crippen molar-refractivity contribution in [1.29, 1.82) is 0 Å².